The van der Waals surface area contributed by atoms with Crippen molar-refractivity contribution in [2.24, 2.45) is 5.11 Å². The molecule has 2 atom stereocenters. The van der Waals surface area contributed by atoms with Gasteiger partial charge in [0.2, 0.25) is 5.91 Å². The molecular formula is C21H36N6O11. The number of hydrogen-bond donors (Lipinski definition) is 6. The van der Waals surface area contributed by atoms with Crippen molar-refractivity contribution in [1.29, 1.82) is 0 Å². The smallest absolute Gasteiger partial charge is 0.326 e. The number of unbranched alkanes of at least 4 members (excludes halogenated alkanes) is 1. The van der Waals surface area contributed by atoms with Crippen LogP contribution in [-0.2, 0) is 33.4 Å². The molecule has 216 valence electrons. The van der Waals surface area contributed by atoms with Crippen LogP contribution >= 0.6 is 0 Å². The Morgan fingerprint density at radius 1 is 0.763 bits per heavy atom. The van der Waals surface area contributed by atoms with Gasteiger partial charge in [-0.05, 0) is 31.2 Å². The number of urea groups is 1. The van der Waals surface area contributed by atoms with E-state index in [1.54, 1.807) is 0 Å². The van der Waals surface area contributed by atoms with E-state index in [9.17, 15) is 29.1 Å². The summed E-state index contributed by atoms with van der Waals surface area (Å²) in [6, 6.07) is -3.81. The third-order valence-corrected chi connectivity index (χ3v) is 4.71. The minimum absolute atomic E-state index is 0.0352. The van der Waals surface area contributed by atoms with Crippen LogP contribution in [0.1, 0.15) is 38.5 Å². The molecule has 1 unspecified atom stereocenters. The summed E-state index contributed by atoms with van der Waals surface area (Å²) in [6.45, 7) is 2.42. The Hall–Kier alpha value is -3.66. The zero-order valence-electron chi connectivity index (χ0n) is 21.0. The summed E-state index contributed by atoms with van der Waals surface area (Å²) in [5, 5.41) is 37.2. The Morgan fingerprint density at radius 2 is 1.32 bits per heavy atom. The zero-order chi connectivity index (χ0) is 28.6. The summed E-state index contributed by atoms with van der Waals surface area (Å²) in [5.74, 6) is -4.23. The molecule has 0 bridgehead atoms. The molecule has 0 aliphatic carbocycles. The van der Waals surface area contributed by atoms with Crippen molar-refractivity contribution < 1.29 is 53.5 Å². The van der Waals surface area contributed by atoms with E-state index >= 15 is 0 Å². The molecule has 0 aliphatic rings. The van der Waals surface area contributed by atoms with Gasteiger partial charge in [-0.2, -0.15) is 0 Å². The molecule has 0 fully saturated rings. The van der Waals surface area contributed by atoms with Crippen LogP contribution in [0.15, 0.2) is 5.11 Å². The Balaban J connectivity index is 3.92. The minimum atomic E-state index is -1.48. The molecule has 3 amide bonds. The molecule has 17 nitrogen and oxygen atoms in total. The first-order valence-electron chi connectivity index (χ1n) is 11.9. The van der Waals surface area contributed by atoms with Crippen LogP contribution in [0.25, 0.3) is 10.4 Å². The summed E-state index contributed by atoms with van der Waals surface area (Å²) in [4.78, 5) is 59.5. The Kier molecular flexibility index (Phi) is 20.4. The van der Waals surface area contributed by atoms with Crippen molar-refractivity contribution in [2.75, 3.05) is 52.7 Å². The van der Waals surface area contributed by atoms with E-state index in [-0.39, 0.29) is 44.9 Å². The van der Waals surface area contributed by atoms with Crippen LogP contribution in [-0.4, -0.2) is 110 Å². The van der Waals surface area contributed by atoms with Crippen molar-refractivity contribution in [1.82, 2.24) is 16.0 Å². The Labute approximate surface area is 218 Å². The molecule has 38 heavy (non-hydrogen) atoms. The lowest BCUT2D eigenvalue weighted by molar-refractivity contribution is -0.140. The maximum atomic E-state index is 12.0. The van der Waals surface area contributed by atoms with Gasteiger partial charge in [-0.25, -0.2) is 14.4 Å². The average molecular weight is 549 g/mol. The number of carbonyl (C=O) groups is 5. The number of rotatable bonds is 24. The van der Waals surface area contributed by atoms with Crippen molar-refractivity contribution in [3.63, 3.8) is 0 Å². The summed E-state index contributed by atoms with van der Waals surface area (Å²) in [7, 11) is 0. The monoisotopic (exact) mass is 548 g/mol. The molecular weight excluding hydrogens is 512 g/mol. The van der Waals surface area contributed by atoms with Gasteiger partial charge in [0, 0.05) is 30.8 Å². The zero-order valence-corrected chi connectivity index (χ0v) is 21.0. The first-order chi connectivity index (χ1) is 18.2. The number of ether oxygens (including phenoxy) is 3. The second kappa shape index (κ2) is 22.5. The van der Waals surface area contributed by atoms with Crippen molar-refractivity contribution in [2.45, 2.75) is 50.6 Å². The fourth-order valence-corrected chi connectivity index (χ4v) is 2.79. The average Bonchev–Trinajstić information content (AvgIpc) is 2.85. The van der Waals surface area contributed by atoms with Crippen molar-refractivity contribution >= 4 is 29.8 Å². The molecule has 6 N–H and O–H groups in total. The maximum absolute atomic E-state index is 12.0. The highest BCUT2D eigenvalue weighted by Crippen LogP contribution is 2.03. The van der Waals surface area contributed by atoms with Gasteiger partial charge >= 0.3 is 23.9 Å². The lowest BCUT2D eigenvalue weighted by Crippen LogP contribution is -2.51. The number of nitrogens with one attached hydrogen (secondary N) is 3. The molecule has 0 rings (SSSR count). The van der Waals surface area contributed by atoms with Crippen LogP contribution in [0.5, 0.6) is 0 Å². The normalized spacial score (nSPS) is 12.0. The topological polar surface area (TPSA) is 259 Å². The standard InChI is InChI=1S/C21H36N6O11/c22-27-24-8-10-37-12-14-38-13-11-36-9-6-17(28)23-7-2-1-3-15(19(31)32)25-21(35)26-16(20(33)34)4-5-18(29)30/h15-16H,1-14H2,(H,23,28)(H,29,30)(H,31,32)(H,33,34)(H2,25,26,35)/t15-,16?/m0/s1. The largest absolute Gasteiger partial charge is 0.481 e. The van der Waals surface area contributed by atoms with Gasteiger partial charge in [-0.1, -0.05) is 5.11 Å². The van der Waals surface area contributed by atoms with Gasteiger partial charge in [0.25, 0.3) is 0 Å². The molecule has 17 heteroatoms. The molecule has 0 aromatic carbocycles. The van der Waals surface area contributed by atoms with E-state index in [0.29, 0.717) is 45.9 Å². The molecule has 0 heterocycles. The second-order valence-electron chi connectivity index (χ2n) is 7.72. The minimum Gasteiger partial charge on any atom is -0.481 e. The van der Waals surface area contributed by atoms with E-state index in [1.165, 1.54) is 0 Å². The van der Waals surface area contributed by atoms with E-state index in [1.807, 2.05) is 0 Å². The number of carbonyl (C=O) groups excluding carboxylic acids is 2. The molecule has 0 radical (unpaired) electrons. The number of carboxylic acids is 3. The second-order valence-corrected chi connectivity index (χ2v) is 7.72. The van der Waals surface area contributed by atoms with Crippen LogP contribution in [0, 0.1) is 0 Å². The number of hydrogen-bond acceptors (Lipinski definition) is 9. The number of aliphatic carboxylic acids is 3. The summed E-state index contributed by atoms with van der Waals surface area (Å²) in [5.41, 5.74) is 8.11. The van der Waals surface area contributed by atoms with Gasteiger partial charge < -0.3 is 45.5 Å². The van der Waals surface area contributed by atoms with Gasteiger partial charge in [-0.15, -0.1) is 0 Å². The van der Waals surface area contributed by atoms with Gasteiger partial charge in [-0.3, -0.25) is 9.59 Å². The third-order valence-electron chi connectivity index (χ3n) is 4.71. The predicted molar refractivity (Wildman–Crippen MR) is 129 cm³/mol. The van der Waals surface area contributed by atoms with Crippen LogP contribution in [0.4, 0.5) is 4.79 Å². The highest BCUT2D eigenvalue weighted by atomic mass is 16.5. The highest BCUT2D eigenvalue weighted by molar-refractivity contribution is 5.86. The third kappa shape index (κ3) is 20.5. The molecule has 0 aromatic rings. The molecule has 0 saturated carbocycles. The van der Waals surface area contributed by atoms with Gasteiger partial charge in [0.15, 0.2) is 0 Å². The van der Waals surface area contributed by atoms with Crippen molar-refractivity contribution in [3.8, 4) is 0 Å². The Bertz CT molecular complexity index is 792. The van der Waals surface area contributed by atoms with Crippen molar-refractivity contribution in [3.05, 3.63) is 10.4 Å². The number of azide groups is 1. The summed E-state index contributed by atoms with van der Waals surface area (Å²) in [6.07, 6.45) is 0.121. The number of amides is 3. The SMILES string of the molecule is [N-]=[N+]=NCCOCCOCCOCCC(=O)NCCCC[C@H](NC(=O)NC(CCC(=O)O)C(=O)O)C(=O)O. The van der Waals surface area contributed by atoms with E-state index in [0.717, 1.165) is 0 Å². The van der Waals surface area contributed by atoms with Crippen LogP contribution < -0.4 is 16.0 Å². The van der Waals surface area contributed by atoms with Gasteiger partial charge in [0.05, 0.1) is 39.6 Å². The van der Waals surface area contributed by atoms with E-state index in [2.05, 4.69) is 26.0 Å². The molecule has 0 spiro atoms. The number of nitrogens with zero attached hydrogens (tertiary/aromatic N) is 3. The van der Waals surface area contributed by atoms with Crippen LogP contribution in [0.3, 0.4) is 0 Å². The summed E-state index contributed by atoms with van der Waals surface area (Å²) < 4.78 is 15.7. The van der Waals surface area contributed by atoms with Gasteiger partial charge in [0.1, 0.15) is 12.1 Å². The number of carboxylic acid groups (broad SMARTS) is 3. The quantitative estimate of drug-likeness (QED) is 0.0407. The highest BCUT2D eigenvalue weighted by Gasteiger charge is 2.24. The van der Waals surface area contributed by atoms with E-state index < -0.39 is 42.4 Å². The van der Waals surface area contributed by atoms with E-state index in [4.69, 9.17) is 30.0 Å². The maximum Gasteiger partial charge on any atom is 0.326 e. The fourth-order valence-electron chi connectivity index (χ4n) is 2.79. The molecule has 0 aromatic heterocycles. The molecule has 0 saturated heterocycles. The fraction of sp³-hybridized carbons (Fsp3) is 0.762. The van der Waals surface area contributed by atoms with Crippen LogP contribution in [0.2, 0.25) is 0 Å². The first-order valence-corrected chi connectivity index (χ1v) is 11.9. The summed E-state index contributed by atoms with van der Waals surface area (Å²) >= 11 is 0. The first kappa shape index (κ1) is 34.3. The molecule has 0 aliphatic heterocycles. The predicted octanol–water partition coefficient (Wildman–Crippen LogP) is 0.0935. The Morgan fingerprint density at radius 3 is 1.87 bits per heavy atom. The lowest BCUT2D eigenvalue weighted by atomic mass is 10.1. The lowest BCUT2D eigenvalue weighted by Gasteiger charge is -2.18.